The maximum absolute atomic E-state index is 13.1. The monoisotopic (exact) mass is 453 g/mol. The van der Waals surface area contributed by atoms with Gasteiger partial charge in [-0.2, -0.15) is 0 Å². The molecule has 2 aliphatic rings. The molecule has 0 spiro atoms. The SMILES string of the molecule is Cn1c(-c2ccc(-c3ccccc3)n2CC2CC2)nc2cc(C(=O)N3CCC[C@@H](N)C3)ccc21. The molecule has 0 radical (unpaired) electrons. The van der Waals surface area contributed by atoms with E-state index in [9.17, 15) is 4.79 Å². The smallest absolute Gasteiger partial charge is 0.253 e. The average molecular weight is 454 g/mol. The highest BCUT2D eigenvalue weighted by Gasteiger charge is 2.26. The van der Waals surface area contributed by atoms with Gasteiger partial charge in [0.2, 0.25) is 0 Å². The molecule has 2 aromatic carbocycles. The zero-order valence-corrected chi connectivity index (χ0v) is 19.7. The van der Waals surface area contributed by atoms with Crippen molar-refractivity contribution in [3.05, 3.63) is 66.2 Å². The molecule has 0 bridgehead atoms. The van der Waals surface area contributed by atoms with E-state index in [4.69, 9.17) is 10.7 Å². The van der Waals surface area contributed by atoms with Gasteiger partial charge in [-0.05, 0) is 67.5 Å². The van der Waals surface area contributed by atoms with Crippen LogP contribution in [0.2, 0.25) is 0 Å². The number of imidazole rings is 1. The van der Waals surface area contributed by atoms with Gasteiger partial charge in [-0.25, -0.2) is 4.98 Å². The van der Waals surface area contributed by atoms with Gasteiger partial charge in [-0.1, -0.05) is 30.3 Å². The largest absolute Gasteiger partial charge is 0.338 e. The maximum Gasteiger partial charge on any atom is 0.253 e. The van der Waals surface area contributed by atoms with Gasteiger partial charge in [0.15, 0.2) is 5.82 Å². The molecule has 1 amide bonds. The first-order valence-electron chi connectivity index (χ1n) is 12.3. The Morgan fingerprint density at radius 3 is 2.59 bits per heavy atom. The molecule has 6 rings (SSSR count). The number of benzene rings is 2. The minimum Gasteiger partial charge on any atom is -0.338 e. The number of carbonyl (C=O) groups is 1. The molecule has 1 atom stereocenters. The summed E-state index contributed by atoms with van der Waals surface area (Å²) in [5.74, 6) is 1.72. The van der Waals surface area contributed by atoms with Crippen LogP contribution in [0.15, 0.2) is 60.7 Å². The summed E-state index contributed by atoms with van der Waals surface area (Å²) in [7, 11) is 2.06. The molecule has 4 aromatic rings. The number of hydrogen-bond acceptors (Lipinski definition) is 3. The van der Waals surface area contributed by atoms with Crippen molar-refractivity contribution < 1.29 is 4.79 Å². The molecule has 6 nitrogen and oxygen atoms in total. The number of likely N-dealkylation sites (tertiary alicyclic amines) is 1. The van der Waals surface area contributed by atoms with E-state index in [0.717, 1.165) is 54.4 Å². The minimum atomic E-state index is 0.0488. The Labute approximate surface area is 200 Å². The normalized spacial score (nSPS) is 18.5. The number of piperidine rings is 1. The van der Waals surface area contributed by atoms with Crippen LogP contribution in [0.5, 0.6) is 0 Å². The second-order valence-electron chi connectivity index (χ2n) is 9.88. The van der Waals surface area contributed by atoms with Crippen LogP contribution in [0.3, 0.4) is 0 Å². The molecule has 6 heteroatoms. The first kappa shape index (κ1) is 21.2. The van der Waals surface area contributed by atoms with Crippen molar-refractivity contribution in [2.24, 2.45) is 18.7 Å². The molecule has 1 aliphatic carbocycles. The van der Waals surface area contributed by atoms with Crippen molar-refractivity contribution in [2.45, 2.75) is 38.3 Å². The number of carbonyl (C=O) groups excluding carboxylic acids is 1. The maximum atomic E-state index is 13.1. The molecule has 3 heterocycles. The number of aryl methyl sites for hydroxylation is 1. The van der Waals surface area contributed by atoms with Crippen molar-refractivity contribution in [3.8, 4) is 22.8 Å². The third-order valence-electron chi connectivity index (χ3n) is 7.29. The quantitative estimate of drug-likeness (QED) is 0.477. The highest BCUT2D eigenvalue weighted by atomic mass is 16.2. The summed E-state index contributed by atoms with van der Waals surface area (Å²) in [5, 5.41) is 0. The van der Waals surface area contributed by atoms with Gasteiger partial charge < -0.3 is 19.8 Å². The fraction of sp³-hybridized carbons (Fsp3) is 0.357. The second-order valence-corrected chi connectivity index (χ2v) is 9.88. The van der Waals surface area contributed by atoms with Crippen LogP contribution in [-0.2, 0) is 13.6 Å². The third-order valence-corrected chi connectivity index (χ3v) is 7.29. The number of rotatable bonds is 5. The van der Waals surface area contributed by atoms with Crippen LogP contribution in [0.1, 0.15) is 36.0 Å². The molecule has 2 fully saturated rings. The fourth-order valence-electron chi connectivity index (χ4n) is 5.22. The van der Waals surface area contributed by atoms with E-state index in [1.807, 2.05) is 23.1 Å². The fourth-order valence-corrected chi connectivity index (χ4v) is 5.22. The lowest BCUT2D eigenvalue weighted by Gasteiger charge is -2.30. The number of hydrogen-bond donors (Lipinski definition) is 1. The van der Waals surface area contributed by atoms with E-state index in [0.29, 0.717) is 12.1 Å². The average Bonchev–Trinajstić information content (AvgIpc) is 3.50. The topological polar surface area (TPSA) is 69.1 Å². The zero-order chi connectivity index (χ0) is 23.2. The van der Waals surface area contributed by atoms with E-state index in [-0.39, 0.29) is 11.9 Å². The van der Waals surface area contributed by atoms with Gasteiger partial charge in [-0.3, -0.25) is 4.79 Å². The second kappa shape index (κ2) is 8.44. The predicted octanol–water partition coefficient (Wildman–Crippen LogP) is 4.68. The van der Waals surface area contributed by atoms with Crippen LogP contribution in [0.25, 0.3) is 33.8 Å². The summed E-state index contributed by atoms with van der Waals surface area (Å²) in [4.78, 5) is 20.0. The Kier molecular flexibility index (Phi) is 5.26. The molecule has 34 heavy (non-hydrogen) atoms. The minimum absolute atomic E-state index is 0.0488. The van der Waals surface area contributed by atoms with E-state index >= 15 is 0 Å². The van der Waals surface area contributed by atoms with Crippen LogP contribution in [-0.4, -0.2) is 44.1 Å². The predicted molar refractivity (Wildman–Crippen MR) is 135 cm³/mol. The van der Waals surface area contributed by atoms with Crippen molar-refractivity contribution in [1.29, 1.82) is 0 Å². The van der Waals surface area contributed by atoms with Crippen LogP contribution in [0, 0.1) is 5.92 Å². The molecule has 1 saturated carbocycles. The molecule has 1 aliphatic heterocycles. The third kappa shape index (κ3) is 3.82. The summed E-state index contributed by atoms with van der Waals surface area (Å²) >= 11 is 0. The Morgan fingerprint density at radius 1 is 1.03 bits per heavy atom. The lowest BCUT2D eigenvalue weighted by Crippen LogP contribution is -2.45. The Hall–Kier alpha value is -3.38. The Balaban J connectivity index is 1.39. The van der Waals surface area contributed by atoms with Crippen molar-refractivity contribution in [3.63, 3.8) is 0 Å². The van der Waals surface area contributed by atoms with Gasteiger partial charge >= 0.3 is 0 Å². The van der Waals surface area contributed by atoms with E-state index in [1.54, 1.807) is 0 Å². The van der Waals surface area contributed by atoms with Crippen molar-refractivity contribution >= 4 is 16.9 Å². The van der Waals surface area contributed by atoms with Gasteiger partial charge in [0.05, 0.1) is 16.7 Å². The van der Waals surface area contributed by atoms with Gasteiger partial charge in [0.25, 0.3) is 5.91 Å². The first-order chi connectivity index (χ1) is 16.6. The van der Waals surface area contributed by atoms with E-state index in [2.05, 4.69) is 58.6 Å². The standard InChI is InChI=1S/C28H31N5O/c1-31-25-12-11-21(28(34)32-15-5-8-22(29)18-32)16-23(25)30-27(31)26-14-13-24(20-6-3-2-4-7-20)33(26)17-19-9-10-19/h2-4,6-7,11-14,16,19,22H,5,8-10,15,17-18,29H2,1H3/t22-/m1/s1. The van der Waals surface area contributed by atoms with E-state index in [1.165, 1.54) is 24.1 Å². The van der Waals surface area contributed by atoms with Gasteiger partial charge in [-0.15, -0.1) is 0 Å². The summed E-state index contributed by atoms with van der Waals surface area (Å²) < 4.78 is 4.57. The molecule has 1 saturated heterocycles. The number of amides is 1. The van der Waals surface area contributed by atoms with Gasteiger partial charge in [0, 0.05) is 44.0 Å². The molecule has 2 aromatic heterocycles. The lowest BCUT2D eigenvalue weighted by atomic mass is 10.1. The van der Waals surface area contributed by atoms with Crippen molar-refractivity contribution in [1.82, 2.24) is 19.0 Å². The van der Waals surface area contributed by atoms with E-state index < -0.39 is 0 Å². The zero-order valence-electron chi connectivity index (χ0n) is 19.7. The summed E-state index contributed by atoms with van der Waals surface area (Å²) in [6, 6.07) is 20.9. The van der Waals surface area contributed by atoms with Gasteiger partial charge in [0.1, 0.15) is 0 Å². The van der Waals surface area contributed by atoms with Crippen LogP contribution >= 0.6 is 0 Å². The molecule has 2 N–H and O–H groups in total. The number of aromatic nitrogens is 3. The molecule has 0 unspecified atom stereocenters. The molecular formula is C28H31N5O. The lowest BCUT2D eigenvalue weighted by molar-refractivity contribution is 0.0709. The number of fused-ring (bicyclic) bond motifs is 1. The summed E-state index contributed by atoms with van der Waals surface area (Å²) in [5.41, 5.74) is 12.2. The first-order valence-corrected chi connectivity index (χ1v) is 12.3. The highest BCUT2D eigenvalue weighted by molar-refractivity contribution is 5.98. The highest BCUT2D eigenvalue weighted by Crippen LogP contribution is 2.37. The number of nitrogens with zero attached hydrogens (tertiary/aromatic N) is 4. The molecular weight excluding hydrogens is 422 g/mol. The summed E-state index contributed by atoms with van der Waals surface area (Å²) in [6.07, 6.45) is 4.53. The van der Waals surface area contributed by atoms with Crippen LogP contribution in [0.4, 0.5) is 0 Å². The summed E-state index contributed by atoms with van der Waals surface area (Å²) in [6.45, 7) is 2.41. The Bertz CT molecular complexity index is 1350. The van der Waals surface area contributed by atoms with Crippen molar-refractivity contribution in [2.75, 3.05) is 13.1 Å². The number of nitrogens with two attached hydrogens (primary N) is 1. The Morgan fingerprint density at radius 2 is 1.82 bits per heavy atom. The van der Waals surface area contributed by atoms with Crippen LogP contribution < -0.4 is 5.73 Å². The molecule has 174 valence electrons.